The molecule has 0 heterocycles. The van der Waals surface area contributed by atoms with Crippen molar-refractivity contribution in [2.75, 3.05) is 0 Å². The highest BCUT2D eigenvalue weighted by Gasteiger charge is 1.97. The van der Waals surface area contributed by atoms with Gasteiger partial charge < -0.3 is 4.52 Å². The molecule has 3 heteroatoms. The van der Waals surface area contributed by atoms with Gasteiger partial charge in [-0.1, -0.05) is 20.4 Å². The number of rotatable bonds is 3. The van der Waals surface area contributed by atoms with Crippen LogP contribution in [0.2, 0.25) is 0 Å². The van der Waals surface area contributed by atoms with Gasteiger partial charge >= 0.3 is 5.97 Å². The zero-order chi connectivity index (χ0) is 7.28. The van der Waals surface area contributed by atoms with E-state index >= 15 is 0 Å². The molecule has 0 aromatic carbocycles. The standard InChI is InChI=1S/C6H11O2P/c1-4-6(7)8-9-5(2)3/h4-5,9H,1H2,2-3H3. The normalized spacial score (nSPS) is 10.6. The van der Waals surface area contributed by atoms with Gasteiger partial charge in [-0.15, -0.1) is 0 Å². The second-order valence-corrected chi connectivity index (χ2v) is 3.49. The quantitative estimate of drug-likeness (QED) is 0.447. The van der Waals surface area contributed by atoms with Crippen molar-refractivity contribution in [1.82, 2.24) is 0 Å². The first-order chi connectivity index (χ1) is 4.16. The van der Waals surface area contributed by atoms with Crippen LogP contribution in [-0.2, 0) is 9.32 Å². The number of hydrogen-bond acceptors (Lipinski definition) is 2. The molecule has 0 rings (SSSR count). The lowest BCUT2D eigenvalue weighted by Gasteiger charge is -2.02. The highest BCUT2D eigenvalue weighted by Crippen LogP contribution is 2.18. The van der Waals surface area contributed by atoms with E-state index in [0.29, 0.717) is 5.66 Å². The van der Waals surface area contributed by atoms with Crippen LogP contribution in [0.1, 0.15) is 13.8 Å². The monoisotopic (exact) mass is 146 g/mol. The summed E-state index contributed by atoms with van der Waals surface area (Å²) in [5.41, 5.74) is 0.425. The fourth-order valence-electron chi connectivity index (χ4n) is 0.218. The van der Waals surface area contributed by atoms with E-state index in [9.17, 15) is 4.79 Å². The van der Waals surface area contributed by atoms with E-state index < -0.39 is 0 Å². The summed E-state index contributed by atoms with van der Waals surface area (Å²) in [5, 5.41) is 0. The minimum Gasteiger partial charge on any atom is -0.445 e. The van der Waals surface area contributed by atoms with Gasteiger partial charge in [0.05, 0.1) is 8.81 Å². The van der Waals surface area contributed by atoms with Crippen molar-refractivity contribution in [2.45, 2.75) is 19.5 Å². The topological polar surface area (TPSA) is 26.3 Å². The molecule has 0 bridgehead atoms. The molecule has 0 aromatic rings. The van der Waals surface area contributed by atoms with Crippen LogP contribution in [0.15, 0.2) is 12.7 Å². The summed E-state index contributed by atoms with van der Waals surface area (Å²) in [6.45, 7) is 7.26. The Hall–Kier alpha value is -0.360. The molecule has 1 unspecified atom stereocenters. The highest BCUT2D eigenvalue weighted by atomic mass is 31.1. The van der Waals surface area contributed by atoms with Crippen molar-refractivity contribution in [2.24, 2.45) is 0 Å². The lowest BCUT2D eigenvalue weighted by atomic mass is 10.6. The summed E-state index contributed by atoms with van der Waals surface area (Å²) in [7, 11) is 0.255. The fraction of sp³-hybridized carbons (Fsp3) is 0.500. The Labute approximate surface area is 57.2 Å². The van der Waals surface area contributed by atoms with Gasteiger partial charge in [0.25, 0.3) is 0 Å². The SMILES string of the molecule is C=CC(=O)OPC(C)C. The summed E-state index contributed by atoms with van der Waals surface area (Å²) in [6.07, 6.45) is 1.18. The van der Waals surface area contributed by atoms with Crippen LogP contribution < -0.4 is 0 Å². The van der Waals surface area contributed by atoms with Crippen molar-refractivity contribution in [3.63, 3.8) is 0 Å². The van der Waals surface area contributed by atoms with Gasteiger partial charge in [0.1, 0.15) is 0 Å². The maximum atomic E-state index is 10.4. The first kappa shape index (κ1) is 8.64. The summed E-state index contributed by atoms with van der Waals surface area (Å²) in [4.78, 5) is 10.4. The number of hydrogen-bond donors (Lipinski definition) is 0. The van der Waals surface area contributed by atoms with Crippen LogP contribution in [0.5, 0.6) is 0 Å². The molecular formula is C6H11O2P. The molecule has 0 N–H and O–H groups in total. The van der Waals surface area contributed by atoms with E-state index in [1.165, 1.54) is 6.08 Å². The Kier molecular flexibility index (Phi) is 4.33. The van der Waals surface area contributed by atoms with Crippen LogP contribution >= 0.6 is 8.81 Å². The first-order valence-corrected chi connectivity index (χ1v) is 3.74. The molecule has 0 saturated carbocycles. The predicted octanol–water partition coefficient (Wildman–Crippen LogP) is 1.72. The van der Waals surface area contributed by atoms with Gasteiger partial charge in [-0.2, -0.15) is 0 Å². The van der Waals surface area contributed by atoms with Crippen molar-refractivity contribution in [3.05, 3.63) is 12.7 Å². The van der Waals surface area contributed by atoms with Gasteiger partial charge in [0.2, 0.25) is 0 Å². The van der Waals surface area contributed by atoms with E-state index in [4.69, 9.17) is 4.52 Å². The Morgan fingerprint density at radius 1 is 1.78 bits per heavy atom. The molecule has 52 valence electrons. The van der Waals surface area contributed by atoms with E-state index in [1.54, 1.807) is 0 Å². The maximum absolute atomic E-state index is 10.4. The molecule has 0 aromatic heterocycles. The lowest BCUT2D eigenvalue weighted by Crippen LogP contribution is -1.93. The zero-order valence-corrected chi connectivity index (χ0v) is 6.68. The first-order valence-electron chi connectivity index (χ1n) is 2.75. The van der Waals surface area contributed by atoms with E-state index in [2.05, 4.69) is 6.58 Å². The van der Waals surface area contributed by atoms with Crippen molar-refractivity contribution >= 4 is 14.8 Å². The predicted molar refractivity (Wildman–Crippen MR) is 39.7 cm³/mol. The lowest BCUT2D eigenvalue weighted by molar-refractivity contribution is -0.128. The summed E-state index contributed by atoms with van der Waals surface area (Å²) in [6, 6.07) is 0. The zero-order valence-electron chi connectivity index (χ0n) is 5.68. The molecule has 2 nitrogen and oxygen atoms in total. The van der Waals surface area contributed by atoms with Crippen molar-refractivity contribution in [1.29, 1.82) is 0 Å². The summed E-state index contributed by atoms with van der Waals surface area (Å²) >= 11 is 0. The second-order valence-electron chi connectivity index (χ2n) is 1.90. The Balaban J connectivity index is 3.27. The average molecular weight is 146 g/mol. The number of carbonyl (C=O) groups excluding carboxylic acids is 1. The van der Waals surface area contributed by atoms with Crippen LogP contribution in [0.3, 0.4) is 0 Å². The van der Waals surface area contributed by atoms with Gasteiger partial charge in [0.15, 0.2) is 0 Å². The van der Waals surface area contributed by atoms with Gasteiger partial charge in [-0.3, -0.25) is 0 Å². The van der Waals surface area contributed by atoms with E-state index in [1.807, 2.05) is 13.8 Å². The molecule has 0 fully saturated rings. The van der Waals surface area contributed by atoms with Gasteiger partial charge in [0, 0.05) is 11.7 Å². The Bertz CT molecular complexity index is 110. The second kappa shape index (κ2) is 4.51. The molecule has 0 aliphatic carbocycles. The fourth-order valence-corrected chi connectivity index (χ4v) is 0.653. The molecule has 0 aliphatic rings. The molecular weight excluding hydrogens is 135 g/mol. The van der Waals surface area contributed by atoms with Crippen LogP contribution in [0.25, 0.3) is 0 Å². The minimum absolute atomic E-state index is 0.255. The van der Waals surface area contributed by atoms with Crippen LogP contribution in [-0.4, -0.2) is 11.6 Å². The van der Waals surface area contributed by atoms with Crippen molar-refractivity contribution in [3.8, 4) is 0 Å². The Morgan fingerprint density at radius 3 is 2.67 bits per heavy atom. The molecule has 1 atom stereocenters. The van der Waals surface area contributed by atoms with E-state index in [0.717, 1.165) is 0 Å². The molecule has 0 amide bonds. The third-order valence-electron chi connectivity index (χ3n) is 0.562. The molecule has 0 saturated heterocycles. The molecule has 0 radical (unpaired) electrons. The summed E-state index contributed by atoms with van der Waals surface area (Å²) < 4.78 is 4.72. The van der Waals surface area contributed by atoms with Crippen LogP contribution in [0, 0.1) is 0 Å². The molecule has 9 heavy (non-hydrogen) atoms. The van der Waals surface area contributed by atoms with Gasteiger partial charge in [-0.25, -0.2) is 4.79 Å². The largest absolute Gasteiger partial charge is 0.445 e. The molecule has 0 aliphatic heterocycles. The minimum atomic E-state index is -0.331. The highest BCUT2D eigenvalue weighted by molar-refractivity contribution is 7.33. The average Bonchev–Trinajstić information content (AvgIpc) is 1.83. The Morgan fingerprint density at radius 2 is 2.33 bits per heavy atom. The smallest absolute Gasteiger partial charge is 0.332 e. The third kappa shape index (κ3) is 5.51. The number of carbonyl (C=O) groups is 1. The van der Waals surface area contributed by atoms with E-state index in [-0.39, 0.29) is 14.8 Å². The van der Waals surface area contributed by atoms with Crippen molar-refractivity contribution < 1.29 is 9.32 Å². The third-order valence-corrected chi connectivity index (χ3v) is 1.35. The summed E-state index contributed by atoms with van der Waals surface area (Å²) in [5.74, 6) is -0.331. The van der Waals surface area contributed by atoms with Crippen LogP contribution in [0.4, 0.5) is 0 Å². The molecule has 0 spiro atoms. The van der Waals surface area contributed by atoms with Gasteiger partial charge in [-0.05, 0) is 0 Å². The maximum Gasteiger partial charge on any atom is 0.332 e.